The molecular formula is C39H50N8O5. The van der Waals surface area contributed by atoms with Crippen LogP contribution in [0.3, 0.4) is 0 Å². The fraction of sp³-hybridized carbons (Fsp3) is 0.564. The van der Waals surface area contributed by atoms with E-state index >= 15 is 0 Å². The SMILES string of the molecule is COCOc1ccccc1-c1cc2c3c([nH]c2nn1)CCN(c1ncc(C2CCN(C4CC5(C4)CN(C(=O)O)C5C(C)(C)C)CC2)cn1)C3COC. The number of piperidine rings is 1. The Bertz CT molecular complexity index is 1910. The number of ether oxygens (including phenoxy) is 3. The molecule has 1 amide bonds. The number of anilines is 1. The fourth-order valence-electron chi connectivity index (χ4n) is 9.89. The molecule has 13 heteroatoms. The number of hydrogen-bond acceptors (Lipinski definition) is 10. The van der Waals surface area contributed by atoms with E-state index < -0.39 is 6.09 Å². The molecule has 276 valence electrons. The molecule has 1 spiro atoms. The summed E-state index contributed by atoms with van der Waals surface area (Å²) in [6.07, 6.45) is 8.42. The van der Waals surface area contributed by atoms with Gasteiger partial charge in [-0.2, -0.15) is 0 Å². The molecule has 0 radical (unpaired) electrons. The molecule has 3 fully saturated rings. The van der Waals surface area contributed by atoms with Crippen LogP contribution in [0.15, 0.2) is 42.7 Å². The molecule has 52 heavy (non-hydrogen) atoms. The van der Waals surface area contributed by atoms with Gasteiger partial charge in [-0.25, -0.2) is 14.8 Å². The highest BCUT2D eigenvalue weighted by molar-refractivity contribution is 5.86. The van der Waals surface area contributed by atoms with E-state index in [1.165, 1.54) is 5.56 Å². The van der Waals surface area contributed by atoms with E-state index in [1.807, 2.05) is 36.7 Å². The van der Waals surface area contributed by atoms with Gasteiger partial charge in [-0.1, -0.05) is 32.9 Å². The van der Waals surface area contributed by atoms with Gasteiger partial charge >= 0.3 is 6.09 Å². The first-order chi connectivity index (χ1) is 25.1. The highest BCUT2D eigenvalue weighted by Gasteiger charge is 2.64. The maximum absolute atomic E-state index is 11.8. The van der Waals surface area contributed by atoms with E-state index in [9.17, 15) is 9.90 Å². The molecule has 13 nitrogen and oxygen atoms in total. The number of rotatable bonds is 9. The summed E-state index contributed by atoms with van der Waals surface area (Å²) in [5.41, 5.74) is 5.87. The largest absolute Gasteiger partial charge is 0.467 e. The predicted molar refractivity (Wildman–Crippen MR) is 197 cm³/mol. The van der Waals surface area contributed by atoms with Crippen molar-refractivity contribution in [3.63, 3.8) is 0 Å². The maximum atomic E-state index is 11.8. The standard InChI is InChI=1S/C39H50N8O5/c1-38(2,3)35-39(22-47(35)37(48)49)17-26(18-39)45-13-10-24(11-14-45)25-19-40-36(41-20-25)46-15-12-29-33(31(46)21-50-4)28-16-30(43-44-34(28)42-29)27-8-6-7-9-32(27)52-23-51-5/h6-9,16,19-20,24,26,31,35H,10-15,17-18,21-23H2,1-5H3,(H,42,44)(H,48,49). The normalized spacial score (nSPS) is 25.2. The number of aromatic nitrogens is 5. The summed E-state index contributed by atoms with van der Waals surface area (Å²) in [5, 5.41) is 19.9. The number of benzene rings is 1. The van der Waals surface area contributed by atoms with Crippen LogP contribution in [0, 0.1) is 10.8 Å². The van der Waals surface area contributed by atoms with Gasteiger partial charge in [-0.3, -0.25) is 0 Å². The van der Waals surface area contributed by atoms with Gasteiger partial charge in [-0.05, 0) is 73.9 Å². The zero-order valence-corrected chi connectivity index (χ0v) is 30.8. The smallest absolute Gasteiger partial charge is 0.407 e. The van der Waals surface area contributed by atoms with Gasteiger partial charge < -0.3 is 39.0 Å². The van der Waals surface area contributed by atoms with Crippen LogP contribution in [0.4, 0.5) is 10.7 Å². The maximum Gasteiger partial charge on any atom is 0.407 e. The molecule has 1 aliphatic carbocycles. The molecule has 2 N–H and O–H groups in total. The van der Waals surface area contributed by atoms with E-state index in [2.05, 4.69) is 51.8 Å². The van der Waals surface area contributed by atoms with Gasteiger partial charge in [0.1, 0.15) is 5.75 Å². The van der Waals surface area contributed by atoms with Crippen molar-refractivity contribution in [2.45, 2.75) is 76.9 Å². The van der Waals surface area contributed by atoms with Crippen molar-refractivity contribution in [1.29, 1.82) is 0 Å². The Hall–Kier alpha value is -4.33. The molecule has 4 aliphatic rings. The van der Waals surface area contributed by atoms with Gasteiger partial charge in [0.25, 0.3) is 0 Å². The highest BCUT2D eigenvalue weighted by atomic mass is 16.7. The van der Waals surface area contributed by atoms with Gasteiger partial charge in [0.05, 0.1) is 18.3 Å². The van der Waals surface area contributed by atoms with Crippen LogP contribution in [0.2, 0.25) is 0 Å². The molecular weight excluding hydrogens is 660 g/mol. The van der Waals surface area contributed by atoms with Crippen LogP contribution in [0.25, 0.3) is 22.3 Å². The number of nitrogens with zero attached hydrogens (tertiary/aromatic N) is 7. The van der Waals surface area contributed by atoms with Crippen LogP contribution in [0.1, 0.15) is 75.2 Å². The van der Waals surface area contributed by atoms with Crippen LogP contribution in [-0.4, -0.2) is 112 Å². The molecule has 3 aliphatic heterocycles. The number of hydrogen-bond donors (Lipinski definition) is 2. The quantitative estimate of drug-likeness (QED) is 0.201. The summed E-state index contributed by atoms with van der Waals surface area (Å²) >= 11 is 0. The zero-order valence-electron chi connectivity index (χ0n) is 30.8. The number of fused-ring (bicyclic) bond motifs is 3. The van der Waals surface area contributed by atoms with Crippen molar-refractivity contribution in [3.05, 3.63) is 59.5 Å². The first-order valence-electron chi connectivity index (χ1n) is 18.5. The molecule has 2 saturated heterocycles. The number of amides is 1. The summed E-state index contributed by atoms with van der Waals surface area (Å²) in [5.74, 6) is 1.81. The average molecular weight is 711 g/mol. The number of para-hydroxylation sites is 1. The molecule has 1 saturated carbocycles. The second-order valence-electron chi connectivity index (χ2n) is 16.2. The number of carboxylic acid groups (broad SMARTS) is 1. The Morgan fingerprint density at radius 1 is 1.04 bits per heavy atom. The minimum atomic E-state index is -0.781. The van der Waals surface area contributed by atoms with Gasteiger partial charge in [0.2, 0.25) is 5.95 Å². The lowest BCUT2D eigenvalue weighted by Gasteiger charge is -2.68. The minimum absolute atomic E-state index is 0.0543. The van der Waals surface area contributed by atoms with Crippen LogP contribution in [-0.2, 0) is 15.9 Å². The van der Waals surface area contributed by atoms with E-state index in [0.29, 0.717) is 36.8 Å². The number of methoxy groups -OCH3 is 2. The van der Waals surface area contributed by atoms with E-state index in [-0.39, 0.29) is 29.7 Å². The number of aromatic amines is 1. The van der Waals surface area contributed by atoms with E-state index in [4.69, 9.17) is 24.2 Å². The molecule has 4 aromatic rings. The third-order valence-electron chi connectivity index (χ3n) is 12.0. The van der Waals surface area contributed by atoms with Crippen molar-refractivity contribution >= 4 is 23.1 Å². The summed E-state index contributed by atoms with van der Waals surface area (Å²) in [7, 11) is 3.33. The zero-order chi connectivity index (χ0) is 36.2. The van der Waals surface area contributed by atoms with Crippen molar-refractivity contribution in [2.24, 2.45) is 10.8 Å². The van der Waals surface area contributed by atoms with Gasteiger partial charge in [-0.15, -0.1) is 10.2 Å². The van der Waals surface area contributed by atoms with Crippen molar-refractivity contribution in [2.75, 3.05) is 58.7 Å². The van der Waals surface area contributed by atoms with E-state index in [1.54, 1.807) is 19.1 Å². The lowest BCUT2D eigenvalue weighted by atomic mass is 9.50. The second kappa shape index (κ2) is 13.6. The second-order valence-corrected chi connectivity index (χ2v) is 16.2. The Morgan fingerprint density at radius 2 is 1.79 bits per heavy atom. The van der Waals surface area contributed by atoms with Gasteiger partial charge in [0, 0.05) is 85.8 Å². The highest BCUT2D eigenvalue weighted by Crippen LogP contribution is 2.59. The molecule has 6 heterocycles. The molecule has 2 unspecified atom stereocenters. The molecule has 2 atom stereocenters. The third kappa shape index (κ3) is 6.06. The summed E-state index contributed by atoms with van der Waals surface area (Å²) < 4.78 is 16.8. The summed E-state index contributed by atoms with van der Waals surface area (Å²) in [6.45, 7) is 10.7. The topological polar surface area (TPSA) is 142 Å². The molecule has 0 bridgehead atoms. The Labute approximate surface area is 304 Å². The number of carbonyl (C=O) groups is 1. The summed E-state index contributed by atoms with van der Waals surface area (Å²) in [6, 6.07) is 10.4. The first-order valence-corrected chi connectivity index (χ1v) is 18.5. The molecule has 3 aromatic heterocycles. The number of nitrogens with one attached hydrogen (secondary N) is 1. The Kier molecular flexibility index (Phi) is 9.07. The number of likely N-dealkylation sites (tertiary alicyclic amines) is 2. The lowest BCUT2D eigenvalue weighted by Crippen LogP contribution is -2.76. The van der Waals surface area contributed by atoms with Crippen molar-refractivity contribution < 1.29 is 24.1 Å². The fourth-order valence-corrected chi connectivity index (χ4v) is 9.89. The molecule has 8 rings (SSSR count). The van der Waals surface area contributed by atoms with Crippen LogP contribution < -0.4 is 9.64 Å². The predicted octanol–water partition coefficient (Wildman–Crippen LogP) is 5.88. The van der Waals surface area contributed by atoms with Crippen LogP contribution in [0.5, 0.6) is 5.75 Å². The monoisotopic (exact) mass is 710 g/mol. The minimum Gasteiger partial charge on any atom is -0.467 e. The molecule has 1 aromatic carbocycles. The number of H-pyrrole nitrogens is 1. The van der Waals surface area contributed by atoms with Gasteiger partial charge in [0.15, 0.2) is 12.4 Å². The first kappa shape index (κ1) is 34.7. The third-order valence-corrected chi connectivity index (χ3v) is 12.0. The van der Waals surface area contributed by atoms with Crippen molar-refractivity contribution in [1.82, 2.24) is 34.9 Å². The Balaban J connectivity index is 0.949. The summed E-state index contributed by atoms with van der Waals surface area (Å²) in [4.78, 5) is 31.8. The van der Waals surface area contributed by atoms with E-state index in [0.717, 1.165) is 85.3 Å². The average Bonchev–Trinajstić information content (AvgIpc) is 3.48. The van der Waals surface area contributed by atoms with Crippen LogP contribution >= 0.6 is 0 Å². The lowest BCUT2D eigenvalue weighted by molar-refractivity contribution is -0.180. The Morgan fingerprint density at radius 3 is 2.48 bits per heavy atom. The van der Waals surface area contributed by atoms with Crippen molar-refractivity contribution in [3.8, 4) is 17.0 Å².